The fourth-order valence-electron chi connectivity index (χ4n) is 3.22. The Labute approximate surface area is 103 Å². The summed E-state index contributed by atoms with van der Waals surface area (Å²) in [6, 6.07) is 0.333. The first kappa shape index (κ1) is 12.8. The second-order valence-corrected chi connectivity index (χ2v) is 5.75. The molecule has 0 aromatic rings. The first-order valence-corrected chi connectivity index (χ1v) is 6.73. The van der Waals surface area contributed by atoms with Crippen LogP contribution in [-0.4, -0.2) is 42.6 Å². The lowest BCUT2D eigenvalue weighted by Crippen LogP contribution is -2.38. The minimum atomic E-state index is -0.104. The lowest BCUT2D eigenvalue weighted by atomic mass is 9.78. The van der Waals surface area contributed by atoms with Gasteiger partial charge in [-0.2, -0.15) is 0 Å². The molecule has 3 unspecified atom stereocenters. The molecule has 1 heterocycles. The van der Waals surface area contributed by atoms with Gasteiger partial charge in [0.15, 0.2) is 0 Å². The van der Waals surface area contributed by atoms with Crippen molar-refractivity contribution in [3.8, 4) is 0 Å². The van der Waals surface area contributed by atoms with E-state index in [4.69, 9.17) is 10.5 Å². The van der Waals surface area contributed by atoms with Crippen LogP contribution in [0.15, 0.2) is 0 Å². The Balaban J connectivity index is 1.82. The lowest BCUT2D eigenvalue weighted by Gasteiger charge is -2.29. The average molecular weight is 240 g/mol. The summed E-state index contributed by atoms with van der Waals surface area (Å²) in [5.74, 6) is 1.19. The molecule has 3 atom stereocenters. The summed E-state index contributed by atoms with van der Waals surface area (Å²) in [4.78, 5) is 13.8. The standard InChI is InChI=1S/C13H24N2O2/c1-9(2)17-13(16)8-15-6-10-4-3-5-12(14)11(10)7-15/h9-12H,3-8,14H2,1-2H3. The van der Waals surface area contributed by atoms with E-state index in [1.807, 2.05) is 13.8 Å². The maximum absolute atomic E-state index is 11.6. The third-order valence-electron chi connectivity index (χ3n) is 3.95. The molecule has 2 N–H and O–H groups in total. The van der Waals surface area contributed by atoms with Crippen LogP contribution >= 0.6 is 0 Å². The van der Waals surface area contributed by atoms with Crippen molar-refractivity contribution in [2.24, 2.45) is 17.6 Å². The predicted molar refractivity (Wildman–Crippen MR) is 66.5 cm³/mol. The van der Waals surface area contributed by atoms with E-state index in [9.17, 15) is 4.79 Å². The molecule has 2 rings (SSSR count). The van der Waals surface area contributed by atoms with Gasteiger partial charge in [0, 0.05) is 19.1 Å². The molecule has 2 fully saturated rings. The van der Waals surface area contributed by atoms with Crippen LogP contribution in [0.3, 0.4) is 0 Å². The molecule has 17 heavy (non-hydrogen) atoms. The van der Waals surface area contributed by atoms with Gasteiger partial charge in [0.25, 0.3) is 0 Å². The average Bonchev–Trinajstić information content (AvgIpc) is 2.60. The van der Waals surface area contributed by atoms with Crippen molar-refractivity contribution in [3.05, 3.63) is 0 Å². The van der Waals surface area contributed by atoms with Crippen molar-refractivity contribution in [2.75, 3.05) is 19.6 Å². The molecule has 0 bridgehead atoms. The molecule has 0 aromatic carbocycles. The first-order valence-electron chi connectivity index (χ1n) is 6.73. The maximum Gasteiger partial charge on any atom is 0.320 e. The number of likely N-dealkylation sites (tertiary alicyclic amines) is 1. The first-order chi connectivity index (χ1) is 8.06. The normalized spacial score (nSPS) is 33.8. The van der Waals surface area contributed by atoms with Gasteiger partial charge >= 0.3 is 5.97 Å². The molecule has 1 aliphatic carbocycles. The van der Waals surface area contributed by atoms with E-state index >= 15 is 0 Å². The Bertz CT molecular complexity index is 281. The number of carbonyl (C=O) groups excluding carboxylic acids is 1. The summed E-state index contributed by atoms with van der Waals surface area (Å²) >= 11 is 0. The molecule has 1 saturated carbocycles. The molecule has 2 aliphatic rings. The molecular weight excluding hydrogens is 216 g/mol. The number of rotatable bonds is 3. The zero-order valence-corrected chi connectivity index (χ0v) is 10.9. The number of fused-ring (bicyclic) bond motifs is 1. The molecular formula is C13H24N2O2. The third kappa shape index (κ3) is 3.19. The van der Waals surface area contributed by atoms with Crippen molar-refractivity contribution >= 4 is 5.97 Å². The van der Waals surface area contributed by atoms with E-state index in [1.54, 1.807) is 0 Å². The van der Waals surface area contributed by atoms with Crippen LogP contribution in [0.2, 0.25) is 0 Å². The molecule has 0 amide bonds. The van der Waals surface area contributed by atoms with Crippen LogP contribution in [-0.2, 0) is 9.53 Å². The van der Waals surface area contributed by atoms with Gasteiger partial charge in [0.2, 0.25) is 0 Å². The van der Waals surface area contributed by atoms with E-state index in [-0.39, 0.29) is 12.1 Å². The van der Waals surface area contributed by atoms with Crippen molar-refractivity contribution in [3.63, 3.8) is 0 Å². The smallest absolute Gasteiger partial charge is 0.320 e. The van der Waals surface area contributed by atoms with Crippen LogP contribution in [0.5, 0.6) is 0 Å². The zero-order valence-electron chi connectivity index (χ0n) is 10.9. The fourth-order valence-corrected chi connectivity index (χ4v) is 3.22. The van der Waals surface area contributed by atoms with Gasteiger partial charge in [0.1, 0.15) is 0 Å². The second kappa shape index (κ2) is 5.36. The Morgan fingerprint density at radius 1 is 1.41 bits per heavy atom. The van der Waals surface area contributed by atoms with E-state index < -0.39 is 0 Å². The molecule has 1 aliphatic heterocycles. The summed E-state index contributed by atoms with van der Waals surface area (Å²) < 4.78 is 5.18. The summed E-state index contributed by atoms with van der Waals surface area (Å²) in [6.07, 6.45) is 3.64. The van der Waals surface area contributed by atoms with Crippen molar-refractivity contribution in [1.82, 2.24) is 4.90 Å². The minimum absolute atomic E-state index is 0.0189. The molecule has 98 valence electrons. The quantitative estimate of drug-likeness (QED) is 0.748. The monoisotopic (exact) mass is 240 g/mol. The van der Waals surface area contributed by atoms with Crippen LogP contribution in [0.1, 0.15) is 33.1 Å². The van der Waals surface area contributed by atoms with E-state index in [0.717, 1.165) is 19.5 Å². The van der Waals surface area contributed by atoms with E-state index in [0.29, 0.717) is 24.4 Å². The largest absolute Gasteiger partial charge is 0.462 e. The second-order valence-electron chi connectivity index (χ2n) is 5.75. The van der Waals surface area contributed by atoms with E-state index in [2.05, 4.69) is 4.90 Å². The minimum Gasteiger partial charge on any atom is -0.462 e. The van der Waals surface area contributed by atoms with Crippen LogP contribution in [0.4, 0.5) is 0 Å². The zero-order chi connectivity index (χ0) is 12.4. The number of nitrogens with two attached hydrogens (primary N) is 1. The van der Waals surface area contributed by atoms with Gasteiger partial charge in [-0.1, -0.05) is 6.42 Å². The SMILES string of the molecule is CC(C)OC(=O)CN1CC2CCCC(N)C2C1. The highest BCUT2D eigenvalue weighted by Crippen LogP contribution is 2.35. The molecule has 0 spiro atoms. The Morgan fingerprint density at radius 3 is 2.82 bits per heavy atom. The van der Waals surface area contributed by atoms with Crippen LogP contribution in [0, 0.1) is 11.8 Å². The van der Waals surface area contributed by atoms with Gasteiger partial charge in [-0.3, -0.25) is 9.69 Å². The third-order valence-corrected chi connectivity index (χ3v) is 3.95. The van der Waals surface area contributed by atoms with Gasteiger partial charge in [-0.15, -0.1) is 0 Å². The van der Waals surface area contributed by atoms with Gasteiger partial charge < -0.3 is 10.5 Å². The molecule has 0 radical (unpaired) electrons. The highest BCUT2D eigenvalue weighted by Gasteiger charge is 2.39. The van der Waals surface area contributed by atoms with E-state index in [1.165, 1.54) is 12.8 Å². The van der Waals surface area contributed by atoms with Crippen LogP contribution < -0.4 is 5.73 Å². The van der Waals surface area contributed by atoms with Crippen molar-refractivity contribution in [2.45, 2.75) is 45.3 Å². The summed E-state index contributed by atoms with van der Waals surface area (Å²) in [6.45, 7) is 6.19. The number of esters is 1. The predicted octanol–water partition coefficient (Wildman–Crippen LogP) is 0.997. The summed E-state index contributed by atoms with van der Waals surface area (Å²) in [7, 11) is 0. The lowest BCUT2D eigenvalue weighted by molar-refractivity contribution is -0.148. The fraction of sp³-hybridized carbons (Fsp3) is 0.923. The number of nitrogens with zero attached hydrogens (tertiary/aromatic N) is 1. The Morgan fingerprint density at radius 2 is 2.18 bits per heavy atom. The number of hydrogen-bond donors (Lipinski definition) is 1. The number of ether oxygens (including phenoxy) is 1. The highest BCUT2D eigenvalue weighted by molar-refractivity contribution is 5.71. The maximum atomic E-state index is 11.6. The molecule has 4 nitrogen and oxygen atoms in total. The number of carbonyl (C=O) groups is 1. The molecule has 1 saturated heterocycles. The molecule has 0 aromatic heterocycles. The van der Waals surface area contributed by atoms with Gasteiger partial charge in [-0.05, 0) is 38.5 Å². The van der Waals surface area contributed by atoms with Crippen molar-refractivity contribution < 1.29 is 9.53 Å². The van der Waals surface area contributed by atoms with Crippen LogP contribution in [0.25, 0.3) is 0 Å². The van der Waals surface area contributed by atoms with Gasteiger partial charge in [-0.25, -0.2) is 0 Å². The highest BCUT2D eigenvalue weighted by atomic mass is 16.5. The van der Waals surface area contributed by atoms with Gasteiger partial charge in [0.05, 0.1) is 12.6 Å². The summed E-state index contributed by atoms with van der Waals surface area (Å²) in [5.41, 5.74) is 6.15. The number of hydrogen-bond acceptors (Lipinski definition) is 4. The topological polar surface area (TPSA) is 55.6 Å². The molecule has 4 heteroatoms. The summed E-state index contributed by atoms with van der Waals surface area (Å²) in [5, 5.41) is 0. The Kier molecular flexibility index (Phi) is 4.05. The van der Waals surface area contributed by atoms with Crippen molar-refractivity contribution in [1.29, 1.82) is 0 Å². The Hall–Kier alpha value is -0.610.